The van der Waals surface area contributed by atoms with Gasteiger partial charge in [-0.05, 0) is 53.9 Å². The first-order valence-electron chi connectivity index (χ1n) is 7.07. The summed E-state index contributed by atoms with van der Waals surface area (Å²) in [6.07, 6.45) is 1.00. The van der Waals surface area contributed by atoms with Crippen molar-refractivity contribution in [2.45, 2.75) is 19.5 Å². The van der Waals surface area contributed by atoms with Crippen LogP contribution in [0.2, 0.25) is 0 Å². The topological polar surface area (TPSA) is 41.1 Å². The van der Waals surface area contributed by atoms with Gasteiger partial charge in [0, 0.05) is 18.7 Å². The Balaban J connectivity index is 1.68. The highest BCUT2D eigenvalue weighted by Crippen LogP contribution is 2.16. The molecule has 3 nitrogen and oxygen atoms in total. The molecule has 0 atom stereocenters. The molecule has 3 rings (SSSR count). The standard InChI is InChI=1S/C17H17FN2O/c18-16-3-1-2-12(8-16)10-20-17(21)14-5-4-13-6-7-19-11-15(13)9-14/h1-5,8-9,19H,6-7,10-11H2,(H,20,21). The van der Waals surface area contributed by atoms with Crippen LogP contribution < -0.4 is 10.6 Å². The zero-order valence-corrected chi connectivity index (χ0v) is 11.7. The van der Waals surface area contributed by atoms with E-state index in [-0.39, 0.29) is 11.7 Å². The molecule has 0 aliphatic carbocycles. The third-order valence-electron chi connectivity index (χ3n) is 3.70. The van der Waals surface area contributed by atoms with Gasteiger partial charge in [0.1, 0.15) is 5.82 Å². The van der Waals surface area contributed by atoms with E-state index in [9.17, 15) is 9.18 Å². The van der Waals surface area contributed by atoms with E-state index < -0.39 is 0 Å². The first-order valence-corrected chi connectivity index (χ1v) is 7.07. The lowest BCUT2D eigenvalue weighted by Gasteiger charge is -2.17. The van der Waals surface area contributed by atoms with Gasteiger partial charge in [0.05, 0.1) is 0 Å². The molecule has 1 amide bonds. The molecule has 1 heterocycles. The monoisotopic (exact) mass is 284 g/mol. The lowest BCUT2D eigenvalue weighted by Crippen LogP contribution is -2.26. The van der Waals surface area contributed by atoms with E-state index in [1.54, 1.807) is 12.1 Å². The summed E-state index contributed by atoms with van der Waals surface area (Å²) in [5.41, 5.74) is 3.88. The normalized spacial score (nSPS) is 13.6. The maximum atomic E-state index is 13.1. The molecule has 21 heavy (non-hydrogen) atoms. The zero-order valence-electron chi connectivity index (χ0n) is 11.7. The van der Waals surface area contributed by atoms with Gasteiger partial charge in [-0.1, -0.05) is 18.2 Å². The number of carbonyl (C=O) groups is 1. The number of hydrogen-bond donors (Lipinski definition) is 2. The van der Waals surface area contributed by atoms with Crippen molar-refractivity contribution in [3.8, 4) is 0 Å². The van der Waals surface area contributed by atoms with Crippen LogP contribution in [0.25, 0.3) is 0 Å². The summed E-state index contributed by atoms with van der Waals surface area (Å²) in [7, 11) is 0. The van der Waals surface area contributed by atoms with Crippen LogP contribution in [0, 0.1) is 5.82 Å². The molecule has 4 heteroatoms. The Morgan fingerprint density at radius 2 is 2.10 bits per heavy atom. The average molecular weight is 284 g/mol. The average Bonchev–Trinajstić information content (AvgIpc) is 2.52. The molecule has 2 aromatic rings. The third kappa shape index (κ3) is 3.28. The van der Waals surface area contributed by atoms with E-state index in [1.165, 1.54) is 23.3 Å². The smallest absolute Gasteiger partial charge is 0.251 e. The lowest BCUT2D eigenvalue weighted by atomic mass is 9.98. The number of hydrogen-bond acceptors (Lipinski definition) is 2. The maximum absolute atomic E-state index is 13.1. The van der Waals surface area contributed by atoms with Gasteiger partial charge in [-0.2, -0.15) is 0 Å². The highest BCUT2D eigenvalue weighted by Gasteiger charge is 2.12. The van der Waals surface area contributed by atoms with Crippen molar-refractivity contribution in [3.05, 3.63) is 70.5 Å². The Morgan fingerprint density at radius 1 is 1.19 bits per heavy atom. The van der Waals surface area contributed by atoms with Gasteiger partial charge in [-0.15, -0.1) is 0 Å². The third-order valence-corrected chi connectivity index (χ3v) is 3.70. The van der Waals surface area contributed by atoms with Gasteiger partial charge in [0.25, 0.3) is 5.91 Å². The molecule has 1 aliphatic heterocycles. The fraction of sp³-hybridized carbons (Fsp3) is 0.235. The van der Waals surface area contributed by atoms with E-state index in [1.807, 2.05) is 18.2 Å². The van der Waals surface area contributed by atoms with Crippen molar-refractivity contribution < 1.29 is 9.18 Å². The Hall–Kier alpha value is -2.20. The largest absolute Gasteiger partial charge is 0.348 e. The second kappa shape index (κ2) is 6.06. The van der Waals surface area contributed by atoms with E-state index in [4.69, 9.17) is 0 Å². The van der Waals surface area contributed by atoms with Crippen molar-refractivity contribution >= 4 is 5.91 Å². The molecule has 108 valence electrons. The molecule has 0 saturated heterocycles. The highest BCUT2D eigenvalue weighted by molar-refractivity contribution is 5.94. The van der Waals surface area contributed by atoms with Gasteiger partial charge in [0.2, 0.25) is 0 Å². The second-order valence-electron chi connectivity index (χ2n) is 5.22. The van der Waals surface area contributed by atoms with Crippen LogP contribution in [0.5, 0.6) is 0 Å². The molecule has 0 fully saturated rings. The summed E-state index contributed by atoms with van der Waals surface area (Å²) in [5.74, 6) is -0.422. The van der Waals surface area contributed by atoms with Gasteiger partial charge in [-0.3, -0.25) is 4.79 Å². The van der Waals surface area contributed by atoms with E-state index in [0.29, 0.717) is 12.1 Å². The quantitative estimate of drug-likeness (QED) is 0.908. The highest BCUT2D eigenvalue weighted by atomic mass is 19.1. The van der Waals surface area contributed by atoms with Gasteiger partial charge < -0.3 is 10.6 Å². The van der Waals surface area contributed by atoms with Crippen LogP contribution in [0.15, 0.2) is 42.5 Å². The number of carbonyl (C=O) groups excluding carboxylic acids is 1. The van der Waals surface area contributed by atoms with Crippen LogP contribution in [0.4, 0.5) is 4.39 Å². The number of benzene rings is 2. The number of nitrogens with one attached hydrogen (secondary N) is 2. The van der Waals surface area contributed by atoms with Crippen LogP contribution >= 0.6 is 0 Å². The number of amides is 1. The predicted octanol–water partition coefficient (Wildman–Crippen LogP) is 2.40. The minimum absolute atomic E-state index is 0.132. The van der Waals surface area contributed by atoms with Gasteiger partial charge in [-0.25, -0.2) is 4.39 Å². The van der Waals surface area contributed by atoms with E-state index in [2.05, 4.69) is 10.6 Å². The molecule has 0 saturated carbocycles. The molecular formula is C17H17FN2O. The fourth-order valence-electron chi connectivity index (χ4n) is 2.55. The lowest BCUT2D eigenvalue weighted by molar-refractivity contribution is 0.0950. The Labute approximate surface area is 123 Å². The molecule has 1 aliphatic rings. The van der Waals surface area contributed by atoms with Crippen LogP contribution in [-0.2, 0) is 19.5 Å². The summed E-state index contributed by atoms with van der Waals surface area (Å²) in [5, 5.41) is 6.12. The van der Waals surface area contributed by atoms with Crippen LogP contribution in [0.3, 0.4) is 0 Å². The summed E-state index contributed by atoms with van der Waals surface area (Å²) in [4.78, 5) is 12.2. The van der Waals surface area contributed by atoms with E-state index in [0.717, 1.165) is 25.1 Å². The van der Waals surface area contributed by atoms with Crippen molar-refractivity contribution in [2.24, 2.45) is 0 Å². The zero-order chi connectivity index (χ0) is 14.7. The molecule has 0 unspecified atom stereocenters. The summed E-state index contributed by atoms with van der Waals surface area (Å²) < 4.78 is 13.1. The maximum Gasteiger partial charge on any atom is 0.251 e. The van der Waals surface area contributed by atoms with Crippen LogP contribution in [0.1, 0.15) is 27.0 Å². The van der Waals surface area contributed by atoms with Crippen LogP contribution in [-0.4, -0.2) is 12.5 Å². The minimum Gasteiger partial charge on any atom is -0.348 e. The molecule has 2 aromatic carbocycles. The minimum atomic E-state index is -0.290. The fourth-order valence-corrected chi connectivity index (χ4v) is 2.55. The molecule has 0 radical (unpaired) electrons. The Morgan fingerprint density at radius 3 is 2.95 bits per heavy atom. The van der Waals surface area contributed by atoms with Crippen molar-refractivity contribution in [2.75, 3.05) is 6.54 Å². The molecule has 0 spiro atoms. The summed E-state index contributed by atoms with van der Waals surface area (Å²) >= 11 is 0. The van der Waals surface area contributed by atoms with Gasteiger partial charge >= 0.3 is 0 Å². The molecule has 0 aromatic heterocycles. The first-order chi connectivity index (χ1) is 10.2. The number of fused-ring (bicyclic) bond motifs is 1. The summed E-state index contributed by atoms with van der Waals surface area (Å²) in [6.45, 7) is 2.12. The Kier molecular flexibility index (Phi) is 3.97. The SMILES string of the molecule is O=C(NCc1cccc(F)c1)c1ccc2c(c1)CNCC2. The molecule has 2 N–H and O–H groups in total. The Bertz CT molecular complexity index is 670. The molecular weight excluding hydrogens is 267 g/mol. The molecule has 0 bridgehead atoms. The van der Waals surface area contributed by atoms with Crippen molar-refractivity contribution in [1.82, 2.24) is 10.6 Å². The van der Waals surface area contributed by atoms with Crippen molar-refractivity contribution in [1.29, 1.82) is 0 Å². The van der Waals surface area contributed by atoms with Gasteiger partial charge in [0.15, 0.2) is 0 Å². The van der Waals surface area contributed by atoms with E-state index >= 15 is 0 Å². The second-order valence-corrected chi connectivity index (χ2v) is 5.22. The van der Waals surface area contributed by atoms with Crippen molar-refractivity contribution in [3.63, 3.8) is 0 Å². The summed E-state index contributed by atoms with van der Waals surface area (Å²) in [6, 6.07) is 12.1. The number of halogens is 1. The number of rotatable bonds is 3. The predicted molar refractivity (Wildman–Crippen MR) is 79.4 cm³/mol. The first kappa shape index (κ1) is 13.8.